The van der Waals surface area contributed by atoms with E-state index in [1.165, 1.54) is 12.1 Å². The Labute approximate surface area is 143 Å². The largest absolute Gasteiger partial charge is 0.478 e. The Morgan fingerprint density at radius 1 is 1.12 bits per heavy atom. The SMILES string of the molecule is C[N+](NC(=O)c1ccccc1C(=O)O)(SN=C=N)c1ccccc1. The fourth-order valence-electron chi connectivity index (χ4n) is 2.07. The molecule has 0 bridgehead atoms. The average Bonchev–Trinajstić information content (AvgIpc) is 2.60. The summed E-state index contributed by atoms with van der Waals surface area (Å²) in [7, 11) is 1.67. The van der Waals surface area contributed by atoms with Crippen LogP contribution < -0.4 is 9.42 Å². The lowest BCUT2D eigenvalue weighted by Crippen LogP contribution is -2.53. The highest BCUT2D eigenvalue weighted by Crippen LogP contribution is 2.28. The van der Waals surface area contributed by atoms with Crippen molar-refractivity contribution in [2.45, 2.75) is 0 Å². The summed E-state index contributed by atoms with van der Waals surface area (Å²) in [6.07, 6.45) is 0. The van der Waals surface area contributed by atoms with Crippen LogP contribution in [0.2, 0.25) is 0 Å². The molecule has 0 aliphatic heterocycles. The summed E-state index contributed by atoms with van der Waals surface area (Å²) in [6.45, 7) is 0. The third-order valence-corrected chi connectivity index (χ3v) is 4.02. The summed E-state index contributed by atoms with van der Waals surface area (Å²) in [4.78, 5) is 23.9. The third-order valence-electron chi connectivity index (χ3n) is 3.22. The predicted molar refractivity (Wildman–Crippen MR) is 92.8 cm³/mol. The summed E-state index contributed by atoms with van der Waals surface area (Å²) in [5, 5.41) is 16.2. The van der Waals surface area contributed by atoms with Crippen molar-refractivity contribution < 1.29 is 14.7 Å². The van der Waals surface area contributed by atoms with Gasteiger partial charge in [-0.25, -0.2) is 10.2 Å². The number of para-hydroxylation sites is 1. The number of aromatic carboxylic acids is 1. The Balaban J connectivity index is 2.39. The number of amides is 1. The molecule has 0 radical (unpaired) electrons. The molecule has 1 amide bonds. The minimum atomic E-state index is -1.18. The van der Waals surface area contributed by atoms with Crippen molar-refractivity contribution in [3.8, 4) is 0 Å². The van der Waals surface area contributed by atoms with Crippen LogP contribution in [0.4, 0.5) is 5.69 Å². The predicted octanol–water partition coefficient (Wildman–Crippen LogP) is 2.98. The molecule has 0 fully saturated rings. The molecule has 2 aromatic carbocycles. The second kappa shape index (κ2) is 7.56. The van der Waals surface area contributed by atoms with Crippen molar-refractivity contribution in [2.75, 3.05) is 7.05 Å². The van der Waals surface area contributed by atoms with E-state index in [-0.39, 0.29) is 15.1 Å². The molecule has 7 nitrogen and oxygen atoms in total. The number of carbonyl (C=O) groups excluding carboxylic acids is 1. The van der Waals surface area contributed by atoms with E-state index in [0.717, 1.165) is 12.1 Å². The van der Waals surface area contributed by atoms with Crippen LogP contribution >= 0.6 is 12.1 Å². The minimum absolute atomic E-state index is 0.0460. The highest BCUT2D eigenvalue weighted by atomic mass is 32.2. The van der Waals surface area contributed by atoms with Gasteiger partial charge < -0.3 is 5.11 Å². The molecule has 24 heavy (non-hydrogen) atoms. The number of quaternary nitrogens is 1. The van der Waals surface area contributed by atoms with Gasteiger partial charge in [-0.3, -0.25) is 4.79 Å². The van der Waals surface area contributed by atoms with E-state index in [2.05, 4.69) is 9.82 Å². The van der Waals surface area contributed by atoms with Gasteiger partial charge in [0.25, 0.3) is 18.0 Å². The Morgan fingerprint density at radius 2 is 1.71 bits per heavy atom. The number of hydrogen-bond acceptors (Lipinski definition) is 5. The topological polar surface area (TPSA) is 103 Å². The van der Waals surface area contributed by atoms with E-state index < -0.39 is 11.9 Å². The molecule has 0 aromatic heterocycles. The summed E-state index contributed by atoms with van der Waals surface area (Å²) in [6, 6.07) is 16.9. The van der Waals surface area contributed by atoms with Gasteiger partial charge in [0, 0.05) is 12.1 Å². The van der Waals surface area contributed by atoms with Crippen LogP contribution in [0.5, 0.6) is 0 Å². The van der Waals surface area contributed by atoms with E-state index in [0.29, 0.717) is 5.69 Å². The quantitative estimate of drug-likeness (QED) is 0.325. The molecule has 2 rings (SSSR count). The van der Waals surface area contributed by atoms with E-state index in [4.69, 9.17) is 5.41 Å². The molecule has 0 saturated carbocycles. The zero-order valence-electron chi connectivity index (χ0n) is 12.8. The first-order valence-electron chi connectivity index (χ1n) is 6.85. The van der Waals surface area contributed by atoms with Crippen molar-refractivity contribution in [3.05, 3.63) is 65.7 Å². The zero-order valence-corrected chi connectivity index (χ0v) is 13.6. The molecule has 0 saturated heterocycles. The molecule has 1 unspecified atom stereocenters. The smallest absolute Gasteiger partial charge is 0.336 e. The third kappa shape index (κ3) is 3.88. The van der Waals surface area contributed by atoms with E-state index >= 15 is 0 Å². The van der Waals surface area contributed by atoms with Crippen molar-refractivity contribution in [1.82, 2.24) is 9.42 Å². The van der Waals surface area contributed by atoms with Crippen molar-refractivity contribution in [2.24, 2.45) is 4.40 Å². The van der Waals surface area contributed by atoms with Crippen LogP contribution in [-0.4, -0.2) is 30.0 Å². The van der Waals surface area contributed by atoms with E-state index in [1.807, 2.05) is 12.1 Å². The zero-order chi connectivity index (χ0) is 17.6. The van der Waals surface area contributed by atoms with Crippen LogP contribution in [0.15, 0.2) is 59.0 Å². The van der Waals surface area contributed by atoms with E-state index in [1.54, 1.807) is 43.4 Å². The highest BCUT2D eigenvalue weighted by Gasteiger charge is 2.32. The summed E-state index contributed by atoms with van der Waals surface area (Å²) in [5.41, 5.74) is 3.39. The molecule has 2 aromatic rings. The van der Waals surface area contributed by atoms with Gasteiger partial charge in [0.05, 0.1) is 11.1 Å². The Kier molecular flexibility index (Phi) is 5.49. The van der Waals surface area contributed by atoms with Crippen LogP contribution in [0.1, 0.15) is 20.7 Å². The number of carboxylic acid groups (broad SMARTS) is 1. The van der Waals surface area contributed by atoms with Crippen molar-refractivity contribution in [1.29, 1.82) is 5.41 Å². The average molecular weight is 343 g/mol. The molecular weight excluding hydrogens is 328 g/mol. The molecular formula is C16H15N4O3S+. The summed E-state index contributed by atoms with van der Waals surface area (Å²) in [5.74, 6) is -1.74. The second-order valence-electron chi connectivity index (χ2n) is 4.84. The number of nitrogens with one attached hydrogen (secondary N) is 2. The summed E-state index contributed by atoms with van der Waals surface area (Å²) < 4.78 is 3.49. The standard InChI is InChI=1S/C16H14N4O3S/c1-20(24-18-11-17,12-7-3-2-4-8-12)19-15(21)13-9-5-6-10-14(13)16(22)23/h2-10,17H,1H3,(H-,19,21,22,23)/p+1. The van der Waals surface area contributed by atoms with Gasteiger partial charge in [0.1, 0.15) is 13.1 Å². The maximum Gasteiger partial charge on any atom is 0.336 e. The van der Waals surface area contributed by atoms with Gasteiger partial charge in [0.2, 0.25) is 0 Å². The van der Waals surface area contributed by atoms with Crippen LogP contribution in [-0.2, 0) is 0 Å². The van der Waals surface area contributed by atoms with Gasteiger partial charge in [-0.05, 0) is 12.1 Å². The molecule has 0 aliphatic carbocycles. The fraction of sp³-hybridized carbons (Fsp3) is 0.0625. The minimum Gasteiger partial charge on any atom is -0.478 e. The lowest BCUT2D eigenvalue weighted by molar-refractivity contribution is 0.0689. The van der Waals surface area contributed by atoms with Crippen molar-refractivity contribution >= 4 is 35.7 Å². The van der Waals surface area contributed by atoms with Gasteiger partial charge in [-0.2, -0.15) is 5.43 Å². The molecule has 122 valence electrons. The number of hydrogen-bond donors (Lipinski definition) is 3. The first-order chi connectivity index (χ1) is 11.5. The molecule has 0 heterocycles. The van der Waals surface area contributed by atoms with Gasteiger partial charge >= 0.3 is 5.97 Å². The molecule has 0 aliphatic rings. The van der Waals surface area contributed by atoms with Gasteiger partial charge in [-0.15, -0.1) is 4.00 Å². The number of carboxylic acids is 1. The number of nitrogens with zero attached hydrogens (tertiary/aromatic N) is 2. The monoisotopic (exact) mass is 343 g/mol. The van der Waals surface area contributed by atoms with Gasteiger partial charge in [0.15, 0.2) is 5.69 Å². The number of carbonyl (C=O) groups is 2. The Hall–Kier alpha value is -2.93. The number of rotatable bonds is 6. The van der Waals surface area contributed by atoms with Crippen LogP contribution in [0.25, 0.3) is 0 Å². The maximum absolute atomic E-state index is 12.6. The summed E-state index contributed by atoms with van der Waals surface area (Å²) >= 11 is 0.899. The molecule has 1 atom stereocenters. The lowest BCUT2D eigenvalue weighted by atomic mass is 10.1. The molecule has 3 N–H and O–H groups in total. The Morgan fingerprint density at radius 3 is 2.29 bits per heavy atom. The van der Waals surface area contributed by atoms with E-state index in [9.17, 15) is 14.7 Å². The maximum atomic E-state index is 12.6. The fourth-order valence-corrected chi connectivity index (χ4v) is 2.61. The lowest BCUT2D eigenvalue weighted by Gasteiger charge is -2.27. The molecule has 8 heteroatoms. The van der Waals surface area contributed by atoms with Crippen LogP contribution in [0.3, 0.4) is 0 Å². The normalized spacial score (nSPS) is 12.5. The van der Waals surface area contributed by atoms with Gasteiger partial charge in [-0.1, -0.05) is 34.7 Å². The second-order valence-corrected chi connectivity index (χ2v) is 5.91. The first-order valence-corrected chi connectivity index (χ1v) is 7.58. The van der Waals surface area contributed by atoms with Crippen LogP contribution in [0, 0.1) is 5.41 Å². The highest BCUT2D eigenvalue weighted by molar-refractivity contribution is 7.97. The van der Waals surface area contributed by atoms with Crippen molar-refractivity contribution in [3.63, 3.8) is 0 Å². The first kappa shape index (κ1) is 17.4. The Bertz CT molecular complexity index is 806. The molecule has 0 spiro atoms. The number of benzene rings is 2.